The average Bonchev–Trinajstić information content (AvgIpc) is 2.82. The Kier molecular flexibility index (Phi) is 6.79. The van der Waals surface area contributed by atoms with E-state index >= 15 is 0 Å². The molecule has 0 saturated carbocycles. The van der Waals surface area contributed by atoms with Crippen molar-refractivity contribution in [1.29, 1.82) is 0 Å². The van der Waals surface area contributed by atoms with Crippen LogP contribution in [0.3, 0.4) is 0 Å². The zero-order valence-electron chi connectivity index (χ0n) is 18.5. The van der Waals surface area contributed by atoms with Gasteiger partial charge in [0.25, 0.3) is 11.8 Å². The zero-order chi connectivity index (χ0) is 24.2. The van der Waals surface area contributed by atoms with E-state index in [4.69, 9.17) is 9.47 Å². The Morgan fingerprint density at radius 1 is 0.971 bits per heavy atom. The molecule has 1 N–H and O–H groups in total. The number of rotatable bonds is 6. The summed E-state index contributed by atoms with van der Waals surface area (Å²) in [7, 11) is 1.51. The second-order valence-corrected chi connectivity index (χ2v) is 8.39. The third-order valence-corrected chi connectivity index (χ3v) is 6.07. The highest BCUT2D eigenvalue weighted by Crippen LogP contribution is 2.31. The van der Waals surface area contributed by atoms with Gasteiger partial charge in [-0.25, -0.2) is 9.69 Å². The number of nitrogens with one attached hydrogen (secondary N) is 1. The summed E-state index contributed by atoms with van der Waals surface area (Å²) in [6.45, 7) is 2.11. The Balaban J connectivity index is 1.61. The number of hydrogen-bond acceptors (Lipinski definition) is 5. The van der Waals surface area contributed by atoms with E-state index in [1.807, 2.05) is 24.3 Å². The Morgan fingerprint density at radius 2 is 1.71 bits per heavy atom. The van der Waals surface area contributed by atoms with Crippen LogP contribution in [0.25, 0.3) is 6.08 Å². The number of urea groups is 1. The third kappa shape index (κ3) is 4.72. The van der Waals surface area contributed by atoms with E-state index in [0.29, 0.717) is 29.4 Å². The van der Waals surface area contributed by atoms with Crippen molar-refractivity contribution in [3.8, 4) is 11.5 Å². The van der Waals surface area contributed by atoms with Gasteiger partial charge >= 0.3 is 6.03 Å². The first-order valence-electron chi connectivity index (χ1n) is 10.4. The highest BCUT2D eigenvalue weighted by atomic mass is 79.9. The SMILES string of the molecule is COc1cc(/C=C2\C(=O)NC(=O)N(c3ccccc3C)C2=O)ccc1OCc1ccccc1Br. The van der Waals surface area contributed by atoms with Crippen LogP contribution in [0.1, 0.15) is 16.7 Å². The monoisotopic (exact) mass is 520 g/mol. The molecule has 3 aromatic carbocycles. The molecule has 0 aliphatic carbocycles. The molecule has 34 heavy (non-hydrogen) atoms. The van der Waals surface area contributed by atoms with Gasteiger partial charge in [0.1, 0.15) is 12.2 Å². The number of halogens is 1. The molecule has 4 rings (SSSR count). The number of para-hydroxylation sites is 1. The normalized spacial score (nSPS) is 14.9. The first kappa shape index (κ1) is 23.3. The number of hydrogen-bond donors (Lipinski definition) is 1. The number of anilines is 1. The first-order chi connectivity index (χ1) is 16.4. The standard InChI is InChI=1S/C26H21BrN2O5/c1-16-7-3-6-10-21(16)29-25(31)19(24(30)28-26(29)32)13-17-11-12-22(23(14-17)33-2)34-15-18-8-4-5-9-20(18)27/h3-14H,15H2,1-2H3,(H,28,30,32)/b19-13+. The van der Waals surface area contributed by atoms with Crippen LogP contribution in [0.4, 0.5) is 10.5 Å². The molecule has 4 amide bonds. The van der Waals surface area contributed by atoms with E-state index in [1.54, 1.807) is 49.4 Å². The lowest BCUT2D eigenvalue weighted by molar-refractivity contribution is -0.122. The van der Waals surface area contributed by atoms with Gasteiger partial charge < -0.3 is 9.47 Å². The van der Waals surface area contributed by atoms with Crippen LogP contribution in [-0.4, -0.2) is 25.0 Å². The number of benzene rings is 3. The molecule has 0 spiro atoms. The Bertz CT molecular complexity index is 1320. The summed E-state index contributed by atoms with van der Waals surface area (Å²) in [6.07, 6.45) is 1.43. The number of barbiturate groups is 1. The lowest BCUT2D eigenvalue weighted by atomic mass is 10.1. The molecule has 0 bridgehead atoms. The molecule has 1 saturated heterocycles. The van der Waals surface area contributed by atoms with Crippen molar-refractivity contribution in [1.82, 2.24) is 5.32 Å². The van der Waals surface area contributed by atoms with Crippen LogP contribution in [0.15, 0.2) is 76.8 Å². The van der Waals surface area contributed by atoms with E-state index < -0.39 is 17.8 Å². The summed E-state index contributed by atoms with van der Waals surface area (Å²) in [5.41, 5.74) is 2.50. The van der Waals surface area contributed by atoms with Crippen LogP contribution in [-0.2, 0) is 16.2 Å². The van der Waals surface area contributed by atoms with E-state index in [1.165, 1.54) is 13.2 Å². The number of nitrogens with zero attached hydrogens (tertiary/aromatic N) is 1. The number of carbonyl (C=O) groups excluding carboxylic acids is 3. The molecule has 1 aliphatic heterocycles. The smallest absolute Gasteiger partial charge is 0.335 e. The van der Waals surface area contributed by atoms with Crippen molar-refractivity contribution in [3.63, 3.8) is 0 Å². The lowest BCUT2D eigenvalue weighted by Crippen LogP contribution is -2.54. The van der Waals surface area contributed by atoms with Crippen LogP contribution in [0.5, 0.6) is 11.5 Å². The number of aryl methyl sites for hydroxylation is 1. The zero-order valence-corrected chi connectivity index (χ0v) is 20.1. The molecule has 0 radical (unpaired) electrons. The van der Waals surface area contributed by atoms with Crippen molar-refractivity contribution < 1.29 is 23.9 Å². The summed E-state index contributed by atoms with van der Waals surface area (Å²) < 4.78 is 12.3. The molecular formula is C26H21BrN2O5. The predicted molar refractivity (Wildman–Crippen MR) is 132 cm³/mol. The van der Waals surface area contributed by atoms with E-state index in [-0.39, 0.29) is 5.57 Å². The molecule has 3 aromatic rings. The minimum atomic E-state index is -0.783. The van der Waals surface area contributed by atoms with Crippen molar-refractivity contribution in [2.24, 2.45) is 0 Å². The van der Waals surface area contributed by atoms with Gasteiger partial charge in [-0.15, -0.1) is 0 Å². The van der Waals surface area contributed by atoms with Crippen LogP contribution in [0.2, 0.25) is 0 Å². The molecule has 172 valence electrons. The fourth-order valence-corrected chi connectivity index (χ4v) is 3.92. The number of carbonyl (C=O) groups is 3. The van der Waals surface area contributed by atoms with Gasteiger partial charge in [0.15, 0.2) is 11.5 Å². The quantitative estimate of drug-likeness (QED) is 0.364. The number of imide groups is 2. The molecular weight excluding hydrogens is 500 g/mol. The molecule has 1 fully saturated rings. The van der Waals surface area contributed by atoms with Gasteiger partial charge in [-0.1, -0.05) is 58.4 Å². The van der Waals surface area contributed by atoms with Crippen molar-refractivity contribution in [2.75, 3.05) is 12.0 Å². The summed E-state index contributed by atoms with van der Waals surface area (Å²) in [6, 6.07) is 19.0. The molecule has 8 heteroatoms. The van der Waals surface area contributed by atoms with Crippen LogP contribution >= 0.6 is 15.9 Å². The molecule has 0 atom stereocenters. The number of amides is 4. The third-order valence-electron chi connectivity index (χ3n) is 5.30. The molecule has 1 aliphatic rings. The van der Waals surface area contributed by atoms with Crippen LogP contribution in [0, 0.1) is 6.92 Å². The van der Waals surface area contributed by atoms with E-state index in [2.05, 4.69) is 21.2 Å². The van der Waals surface area contributed by atoms with Gasteiger partial charge in [0.05, 0.1) is 12.8 Å². The average molecular weight is 521 g/mol. The highest BCUT2D eigenvalue weighted by Gasteiger charge is 2.37. The maximum Gasteiger partial charge on any atom is 0.335 e. The Morgan fingerprint density at radius 3 is 2.44 bits per heavy atom. The lowest BCUT2D eigenvalue weighted by Gasteiger charge is -2.27. The molecule has 7 nitrogen and oxygen atoms in total. The predicted octanol–water partition coefficient (Wildman–Crippen LogP) is 5.01. The van der Waals surface area contributed by atoms with Crippen molar-refractivity contribution >= 4 is 45.5 Å². The van der Waals surface area contributed by atoms with E-state index in [9.17, 15) is 14.4 Å². The minimum Gasteiger partial charge on any atom is -0.493 e. The van der Waals surface area contributed by atoms with Gasteiger partial charge in [-0.2, -0.15) is 0 Å². The Labute approximate surface area is 205 Å². The van der Waals surface area contributed by atoms with E-state index in [0.717, 1.165) is 20.5 Å². The number of ether oxygens (including phenoxy) is 2. The summed E-state index contributed by atoms with van der Waals surface area (Å²) in [5.74, 6) is -0.502. The van der Waals surface area contributed by atoms with Gasteiger partial charge in [-0.3, -0.25) is 14.9 Å². The Hall–Kier alpha value is -3.91. The topological polar surface area (TPSA) is 84.9 Å². The summed E-state index contributed by atoms with van der Waals surface area (Å²) >= 11 is 3.50. The second kappa shape index (κ2) is 9.93. The highest BCUT2D eigenvalue weighted by molar-refractivity contribution is 9.10. The second-order valence-electron chi connectivity index (χ2n) is 7.53. The van der Waals surface area contributed by atoms with Crippen molar-refractivity contribution in [2.45, 2.75) is 13.5 Å². The maximum atomic E-state index is 13.1. The fraction of sp³-hybridized carbons (Fsp3) is 0.115. The number of methoxy groups -OCH3 is 1. The maximum absolute atomic E-state index is 13.1. The molecule has 0 unspecified atom stereocenters. The van der Waals surface area contributed by atoms with Crippen LogP contribution < -0.4 is 19.7 Å². The fourth-order valence-electron chi connectivity index (χ4n) is 3.52. The van der Waals surface area contributed by atoms with Gasteiger partial charge in [0, 0.05) is 10.0 Å². The van der Waals surface area contributed by atoms with Crippen molar-refractivity contribution in [3.05, 3.63) is 93.5 Å². The molecule has 1 heterocycles. The molecule has 0 aromatic heterocycles. The summed E-state index contributed by atoms with van der Waals surface area (Å²) in [5, 5.41) is 2.24. The minimum absolute atomic E-state index is 0.160. The van der Waals surface area contributed by atoms with Gasteiger partial charge in [-0.05, 0) is 48.4 Å². The first-order valence-corrected chi connectivity index (χ1v) is 11.2. The summed E-state index contributed by atoms with van der Waals surface area (Å²) in [4.78, 5) is 39.0. The van der Waals surface area contributed by atoms with Gasteiger partial charge in [0.2, 0.25) is 0 Å². The largest absolute Gasteiger partial charge is 0.493 e.